The van der Waals surface area contributed by atoms with E-state index in [9.17, 15) is 24.3 Å². The van der Waals surface area contributed by atoms with Crippen LogP contribution in [0.5, 0.6) is 0 Å². The third kappa shape index (κ3) is 8.70. The van der Waals surface area contributed by atoms with Gasteiger partial charge in [0.15, 0.2) is 0 Å². The summed E-state index contributed by atoms with van der Waals surface area (Å²) in [5, 5.41) is 16.8. The van der Waals surface area contributed by atoms with Crippen molar-refractivity contribution in [2.75, 3.05) is 13.1 Å². The maximum absolute atomic E-state index is 12.7. The summed E-state index contributed by atoms with van der Waals surface area (Å²) >= 11 is 0. The minimum Gasteiger partial charge on any atom is -0.480 e. The summed E-state index contributed by atoms with van der Waals surface area (Å²) in [7, 11) is 0. The zero-order chi connectivity index (χ0) is 21.8. The van der Waals surface area contributed by atoms with Gasteiger partial charge < -0.3 is 37.5 Å². The topological polar surface area (TPSA) is 205 Å². The van der Waals surface area contributed by atoms with Crippen LogP contribution in [0.15, 0.2) is 12.5 Å². The van der Waals surface area contributed by atoms with Gasteiger partial charge in [0.05, 0.1) is 12.9 Å². The maximum Gasteiger partial charge on any atom is 0.326 e. The summed E-state index contributed by atoms with van der Waals surface area (Å²) < 4.78 is 0. The Labute approximate surface area is 168 Å². The number of nitrogens with zero attached hydrogens (tertiary/aromatic N) is 1. The van der Waals surface area contributed by atoms with Crippen LogP contribution in [0.1, 0.15) is 31.9 Å². The van der Waals surface area contributed by atoms with Gasteiger partial charge in [-0.1, -0.05) is 0 Å². The van der Waals surface area contributed by atoms with E-state index >= 15 is 0 Å². The Kier molecular flexibility index (Phi) is 10.3. The van der Waals surface area contributed by atoms with E-state index in [4.69, 9.17) is 11.5 Å². The first kappa shape index (κ1) is 24.0. The highest BCUT2D eigenvalue weighted by Gasteiger charge is 2.28. The Morgan fingerprint density at radius 3 is 2.34 bits per heavy atom. The molecule has 0 aromatic carbocycles. The zero-order valence-corrected chi connectivity index (χ0v) is 16.3. The molecule has 0 bridgehead atoms. The van der Waals surface area contributed by atoms with Gasteiger partial charge in [0.25, 0.3) is 0 Å². The van der Waals surface area contributed by atoms with E-state index in [1.165, 1.54) is 19.4 Å². The van der Waals surface area contributed by atoms with Crippen molar-refractivity contribution in [3.63, 3.8) is 0 Å². The van der Waals surface area contributed by atoms with Crippen LogP contribution >= 0.6 is 0 Å². The molecule has 1 aromatic heterocycles. The van der Waals surface area contributed by atoms with E-state index in [-0.39, 0.29) is 19.4 Å². The Hall–Kier alpha value is -2.99. The van der Waals surface area contributed by atoms with Crippen molar-refractivity contribution >= 4 is 23.7 Å². The van der Waals surface area contributed by atoms with Gasteiger partial charge in [-0.15, -0.1) is 0 Å². The highest BCUT2D eigenvalue weighted by Crippen LogP contribution is 2.05. The predicted octanol–water partition coefficient (Wildman–Crippen LogP) is -2.40. The first-order chi connectivity index (χ1) is 13.8. The zero-order valence-electron chi connectivity index (χ0n) is 16.3. The van der Waals surface area contributed by atoms with Crippen LogP contribution in [0.3, 0.4) is 0 Å². The first-order valence-electron chi connectivity index (χ1n) is 9.28. The van der Waals surface area contributed by atoms with Gasteiger partial charge in [-0.3, -0.25) is 14.4 Å². The molecule has 12 heteroatoms. The third-order valence-electron chi connectivity index (χ3n) is 4.13. The van der Waals surface area contributed by atoms with Gasteiger partial charge >= 0.3 is 5.97 Å². The standard InChI is InChI=1S/C17H29N7O5/c1-10(22-14(25)7-19)15(26)23-12(4-2-3-5-18)16(27)24-13(17(28)29)6-11-8-20-9-21-11/h8-10,12-13H,2-7,18-19H2,1H3,(H,20,21)(H,22,25)(H,23,26)(H,24,27)(H,28,29). The molecule has 0 aliphatic heterocycles. The Bertz CT molecular complexity index is 680. The molecule has 0 saturated carbocycles. The number of carbonyl (C=O) groups is 4. The number of aromatic nitrogens is 2. The van der Waals surface area contributed by atoms with Crippen molar-refractivity contribution in [1.29, 1.82) is 0 Å². The van der Waals surface area contributed by atoms with Crippen LogP contribution in [-0.2, 0) is 25.6 Å². The lowest BCUT2D eigenvalue weighted by Gasteiger charge is -2.23. The number of hydrogen-bond acceptors (Lipinski definition) is 7. The van der Waals surface area contributed by atoms with E-state index in [1.54, 1.807) is 0 Å². The molecule has 162 valence electrons. The molecule has 0 spiro atoms. The van der Waals surface area contributed by atoms with Crippen molar-refractivity contribution in [2.24, 2.45) is 11.5 Å². The van der Waals surface area contributed by atoms with Gasteiger partial charge in [0.1, 0.15) is 18.1 Å². The van der Waals surface area contributed by atoms with Gasteiger partial charge in [-0.2, -0.15) is 0 Å². The average molecular weight is 411 g/mol. The summed E-state index contributed by atoms with van der Waals surface area (Å²) in [5.41, 5.74) is 11.2. The van der Waals surface area contributed by atoms with Gasteiger partial charge in [-0.05, 0) is 32.7 Å². The number of amides is 3. The molecule has 0 radical (unpaired) electrons. The largest absolute Gasteiger partial charge is 0.480 e. The van der Waals surface area contributed by atoms with Crippen molar-refractivity contribution in [2.45, 2.75) is 50.7 Å². The molecule has 0 fully saturated rings. The molecular weight excluding hydrogens is 382 g/mol. The van der Waals surface area contributed by atoms with E-state index in [1.807, 2.05) is 0 Å². The van der Waals surface area contributed by atoms with Gasteiger partial charge in [0.2, 0.25) is 17.7 Å². The van der Waals surface area contributed by atoms with Gasteiger partial charge in [0, 0.05) is 18.3 Å². The number of hydrogen-bond donors (Lipinski definition) is 7. The third-order valence-corrected chi connectivity index (χ3v) is 4.13. The van der Waals surface area contributed by atoms with Crippen molar-refractivity contribution in [3.8, 4) is 0 Å². The lowest BCUT2D eigenvalue weighted by Crippen LogP contribution is -2.55. The van der Waals surface area contributed by atoms with Crippen molar-refractivity contribution in [3.05, 3.63) is 18.2 Å². The summed E-state index contributed by atoms with van der Waals surface area (Å²) in [5.74, 6) is -2.95. The normalized spacial score (nSPS) is 13.8. The van der Waals surface area contributed by atoms with E-state index in [2.05, 4.69) is 25.9 Å². The monoisotopic (exact) mass is 411 g/mol. The fraction of sp³-hybridized carbons (Fsp3) is 0.588. The number of unbranched alkanes of at least 4 members (excludes halogenated alkanes) is 1. The number of imidazole rings is 1. The molecular formula is C17H29N7O5. The van der Waals surface area contributed by atoms with Crippen molar-refractivity contribution in [1.82, 2.24) is 25.9 Å². The molecule has 12 nitrogen and oxygen atoms in total. The number of carboxylic acid groups (broad SMARTS) is 1. The van der Waals surface area contributed by atoms with Crippen molar-refractivity contribution < 1.29 is 24.3 Å². The summed E-state index contributed by atoms with van der Waals surface area (Å²) in [6.07, 6.45) is 4.33. The number of H-pyrrole nitrogens is 1. The second kappa shape index (κ2) is 12.5. The predicted molar refractivity (Wildman–Crippen MR) is 103 cm³/mol. The fourth-order valence-electron chi connectivity index (χ4n) is 2.51. The molecule has 0 aliphatic carbocycles. The number of aliphatic carboxylic acids is 1. The quantitative estimate of drug-likeness (QED) is 0.174. The molecule has 1 rings (SSSR count). The minimum absolute atomic E-state index is 0.00744. The van der Waals surface area contributed by atoms with Crippen LogP contribution in [0, 0.1) is 0 Å². The SMILES string of the molecule is CC(NC(=O)CN)C(=O)NC(CCCCN)C(=O)NC(Cc1cnc[nH]1)C(=O)O. The summed E-state index contributed by atoms with van der Waals surface area (Å²) in [4.78, 5) is 54.4. The second-order valence-corrected chi connectivity index (χ2v) is 6.52. The van der Waals surface area contributed by atoms with E-state index in [0.29, 0.717) is 25.1 Å². The molecule has 0 saturated heterocycles. The molecule has 0 aliphatic rings. The molecule has 1 heterocycles. The lowest BCUT2D eigenvalue weighted by molar-refractivity contribution is -0.142. The number of carboxylic acids is 1. The van der Waals surface area contributed by atoms with Crippen LogP contribution in [-0.4, -0.2) is 70.0 Å². The number of rotatable bonds is 13. The second-order valence-electron chi connectivity index (χ2n) is 6.52. The van der Waals surface area contributed by atoms with Crippen LogP contribution < -0.4 is 27.4 Å². The molecule has 9 N–H and O–H groups in total. The first-order valence-corrected chi connectivity index (χ1v) is 9.28. The fourth-order valence-corrected chi connectivity index (χ4v) is 2.51. The van der Waals surface area contributed by atoms with E-state index in [0.717, 1.165) is 0 Å². The highest BCUT2D eigenvalue weighted by atomic mass is 16.4. The Morgan fingerprint density at radius 1 is 1.10 bits per heavy atom. The smallest absolute Gasteiger partial charge is 0.326 e. The van der Waals surface area contributed by atoms with E-state index < -0.39 is 41.8 Å². The molecule has 1 aromatic rings. The number of nitrogens with one attached hydrogen (secondary N) is 4. The molecule has 3 amide bonds. The number of carbonyl (C=O) groups excluding carboxylic acids is 3. The number of aromatic amines is 1. The van der Waals surface area contributed by atoms with Gasteiger partial charge in [-0.25, -0.2) is 9.78 Å². The number of nitrogens with two attached hydrogens (primary N) is 2. The maximum atomic E-state index is 12.7. The Balaban J connectivity index is 2.79. The summed E-state index contributed by atoms with van der Waals surface area (Å²) in [6.45, 7) is 1.60. The molecule has 3 unspecified atom stereocenters. The Morgan fingerprint density at radius 2 is 1.79 bits per heavy atom. The van der Waals surface area contributed by atoms with Crippen LogP contribution in [0.2, 0.25) is 0 Å². The molecule has 29 heavy (non-hydrogen) atoms. The summed E-state index contributed by atoms with van der Waals surface area (Å²) in [6, 6.07) is -3.09. The molecule has 3 atom stereocenters. The lowest BCUT2D eigenvalue weighted by atomic mass is 10.1. The van der Waals surface area contributed by atoms with Crippen LogP contribution in [0.25, 0.3) is 0 Å². The van der Waals surface area contributed by atoms with Crippen LogP contribution in [0.4, 0.5) is 0 Å². The average Bonchev–Trinajstić information content (AvgIpc) is 3.19. The highest BCUT2D eigenvalue weighted by molar-refractivity contribution is 5.93. The minimum atomic E-state index is -1.22.